The maximum atomic E-state index is 9.73. The fourth-order valence-corrected chi connectivity index (χ4v) is 3.68. The minimum atomic E-state index is 0.378. The summed E-state index contributed by atoms with van der Waals surface area (Å²) in [6.07, 6.45) is 4.53. The van der Waals surface area contributed by atoms with Crippen LogP contribution in [-0.4, -0.2) is 38.8 Å². The van der Waals surface area contributed by atoms with E-state index in [1.54, 1.807) is 37.2 Å². The second-order valence-electron chi connectivity index (χ2n) is 7.35. The molecule has 1 N–H and O–H groups in total. The molecular weight excluding hydrogens is 434 g/mol. The number of aryl methyl sites for hydroxylation is 1. The zero-order valence-electron chi connectivity index (χ0n) is 18.6. The van der Waals surface area contributed by atoms with Gasteiger partial charge in [0.05, 0.1) is 36.4 Å². The molecule has 168 valence electrons. The van der Waals surface area contributed by atoms with Crippen LogP contribution in [-0.2, 0) is 0 Å². The summed E-state index contributed by atoms with van der Waals surface area (Å²) in [6.45, 7) is 1.93. The number of fused-ring (bicyclic) bond motifs is 2. The smallest absolute Gasteiger partial charge is 0.224 e. The summed E-state index contributed by atoms with van der Waals surface area (Å²) < 4.78 is 18.6. The van der Waals surface area contributed by atoms with Crippen molar-refractivity contribution in [3.63, 3.8) is 0 Å². The predicted molar refractivity (Wildman–Crippen MR) is 125 cm³/mol. The predicted octanol–water partition coefficient (Wildman–Crippen LogP) is 4.41. The monoisotopic (exact) mass is 453 g/mol. The second-order valence-corrected chi connectivity index (χ2v) is 7.35. The number of rotatable bonds is 6. The molecule has 5 aromatic rings. The quantitative estimate of drug-likeness (QED) is 0.399. The van der Waals surface area contributed by atoms with E-state index in [-0.39, 0.29) is 0 Å². The van der Waals surface area contributed by atoms with Crippen LogP contribution in [0.5, 0.6) is 23.1 Å². The Bertz CT molecular complexity index is 1570. The van der Waals surface area contributed by atoms with E-state index in [0.29, 0.717) is 50.9 Å². The number of hydrogen-bond donors (Lipinski definition) is 1. The van der Waals surface area contributed by atoms with Crippen LogP contribution in [0.15, 0.2) is 55.2 Å². The molecule has 10 heteroatoms. The van der Waals surface area contributed by atoms with E-state index in [2.05, 4.69) is 31.4 Å². The fraction of sp³-hybridized carbons (Fsp3) is 0.125. The van der Waals surface area contributed by atoms with Gasteiger partial charge in [-0.25, -0.2) is 14.5 Å². The molecule has 0 saturated carbocycles. The van der Waals surface area contributed by atoms with E-state index >= 15 is 0 Å². The van der Waals surface area contributed by atoms with Gasteiger partial charge in [0, 0.05) is 18.0 Å². The molecule has 10 nitrogen and oxygen atoms in total. The lowest BCUT2D eigenvalue weighted by Crippen LogP contribution is -2.00. The lowest BCUT2D eigenvalue weighted by Gasteiger charge is -2.17. The Labute approximate surface area is 194 Å². The highest BCUT2D eigenvalue weighted by molar-refractivity contribution is 6.01. The molecule has 2 aromatic carbocycles. The Kier molecular flexibility index (Phi) is 5.27. The maximum Gasteiger partial charge on any atom is 0.224 e. The van der Waals surface area contributed by atoms with E-state index in [1.165, 1.54) is 12.5 Å². The van der Waals surface area contributed by atoms with Gasteiger partial charge in [-0.15, -0.1) is 0 Å². The van der Waals surface area contributed by atoms with Gasteiger partial charge in [-0.05, 0) is 42.8 Å². The molecule has 0 amide bonds. The molecular formula is C24H19N7O3. The first-order chi connectivity index (χ1) is 16.6. The highest BCUT2D eigenvalue weighted by Crippen LogP contribution is 2.41. The van der Waals surface area contributed by atoms with Crippen LogP contribution in [0, 0.1) is 18.3 Å². The van der Waals surface area contributed by atoms with Crippen LogP contribution in [0.3, 0.4) is 0 Å². The first-order valence-electron chi connectivity index (χ1n) is 10.3. The Hall–Kier alpha value is -4.91. The van der Waals surface area contributed by atoms with Gasteiger partial charge in [-0.3, -0.25) is 4.98 Å². The fourth-order valence-electron chi connectivity index (χ4n) is 3.68. The van der Waals surface area contributed by atoms with E-state index in [9.17, 15) is 5.26 Å². The van der Waals surface area contributed by atoms with Crippen LogP contribution in [0.25, 0.3) is 16.6 Å². The van der Waals surface area contributed by atoms with Crippen molar-refractivity contribution in [3.8, 4) is 29.2 Å². The zero-order chi connectivity index (χ0) is 23.7. The van der Waals surface area contributed by atoms with Gasteiger partial charge in [-0.1, -0.05) is 0 Å². The summed E-state index contributed by atoms with van der Waals surface area (Å²) in [5.74, 6) is 2.10. The lowest BCUT2D eigenvalue weighted by molar-refractivity contribution is 0.358. The molecule has 0 atom stereocenters. The van der Waals surface area contributed by atoms with Gasteiger partial charge in [0.15, 0.2) is 17.1 Å². The van der Waals surface area contributed by atoms with Gasteiger partial charge < -0.3 is 19.5 Å². The van der Waals surface area contributed by atoms with Crippen molar-refractivity contribution >= 4 is 27.9 Å². The number of hydrogen-bond acceptors (Lipinski definition) is 9. The van der Waals surface area contributed by atoms with Crippen molar-refractivity contribution in [3.05, 3.63) is 66.4 Å². The largest absolute Gasteiger partial charge is 0.493 e. The molecule has 0 radical (unpaired) electrons. The van der Waals surface area contributed by atoms with E-state index in [0.717, 1.165) is 11.3 Å². The van der Waals surface area contributed by atoms with Crippen molar-refractivity contribution in [2.75, 3.05) is 19.5 Å². The van der Waals surface area contributed by atoms with Gasteiger partial charge in [0.1, 0.15) is 24.5 Å². The highest BCUT2D eigenvalue weighted by atomic mass is 16.5. The molecule has 0 saturated heterocycles. The summed E-state index contributed by atoms with van der Waals surface area (Å²) in [7, 11) is 3.12. The molecule has 34 heavy (non-hydrogen) atoms. The molecule has 0 aliphatic rings. The molecule has 0 fully saturated rings. The minimum Gasteiger partial charge on any atom is -0.493 e. The van der Waals surface area contributed by atoms with Gasteiger partial charge in [0.25, 0.3) is 0 Å². The van der Waals surface area contributed by atoms with Crippen molar-refractivity contribution in [1.29, 1.82) is 5.26 Å². The molecule has 0 unspecified atom stereocenters. The molecule has 0 aliphatic carbocycles. The Morgan fingerprint density at radius 2 is 1.85 bits per heavy atom. The Balaban J connectivity index is 1.51. The standard InChI is InChI=1S/C24H19N7O3/c1-14-8-16(4-6-18(14)34-21-9-20-27-12-29-31(20)13-28-21)30-23-15(10-25)11-26-17-5-7-19(32-2)24(33-3)22(17)23/h4-9,11-13H,1-3H3,(H,26,30). The van der Waals surface area contributed by atoms with Crippen LogP contribution < -0.4 is 19.5 Å². The van der Waals surface area contributed by atoms with Gasteiger partial charge >= 0.3 is 0 Å². The summed E-state index contributed by atoms with van der Waals surface area (Å²) in [5.41, 5.74) is 3.90. The first-order valence-corrected chi connectivity index (χ1v) is 10.3. The number of nitrogens with zero attached hydrogens (tertiary/aromatic N) is 6. The van der Waals surface area contributed by atoms with E-state index < -0.39 is 0 Å². The number of aromatic nitrogens is 5. The summed E-state index contributed by atoms with van der Waals surface area (Å²) in [6, 6.07) is 13.1. The molecule has 5 rings (SSSR count). The van der Waals surface area contributed by atoms with Crippen molar-refractivity contribution in [1.82, 2.24) is 24.6 Å². The Morgan fingerprint density at radius 1 is 1.00 bits per heavy atom. The van der Waals surface area contributed by atoms with Crippen LogP contribution >= 0.6 is 0 Å². The molecule has 3 aromatic heterocycles. The first kappa shape index (κ1) is 21.0. The van der Waals surface area contributed by atoms with Crippen LogP contribution in [0.1, 0.15) is 11.1 Å². The number of benzene rings is 2. The number of nitrogens with one attached hydrogen (secondary N) is 1. The zero-order valence-corrected chi connectivity index (χ0v) is 18.6. The number of ether oxygens (including phenoxy) is 3. The third-order valence-corrected chi connectivity index (χ3v) is 5.30. The summed E-state index contributed by atoms with van der Waals surface area (Å²) in [4.78, 5) is 12.8. The maximum absolute atomic E-state index is 9.73. The normalized spacial score (nSPS) is 10.8. The van der Waals surface area contributed by atoms with Crippen LogP contribution in [0.4, 0.5) is 11.4 Å². The summed E-state index contributed by atoms with van der Waals surface area (Å²) >= 11 is 0. The number of pyridine rings is 1. The number of anilines is 2. The second kappa shape index (κ2) is 8.55. The van der Waals surface area contributed by atoms with Crippen LogP contribution in [0.2, 0.25) is 0 Å². The average Bonchev–Trinajstić information content (AvgIpc) is 3.33. The minimum absolute atomic E-state index is 0.378. The van der Waals surface area contributed by atoms with Gasteiger partial charge in [0.2, 0.25) is 5.88 Å². The third kappa shape index (κ3) is 3.65. The van der Waals surface area contributed by atoms with E-state index in [1.807, 2.05) is 31.2 Å². The molecule has 0 spiro atoms. The van der Waals surface area contributed by atoms with Crippen molar-refractivity contribution < 1.29 is 14.2 Å². The van der Waals surface area contributed by atoms with Crippen molar-refractivity contribution in [2.45, 2.75) is 6.92 Å². The molecule has 3 heterocycles. The highest BCUT2D eigenvalue weighted by Gasteiger charge is 2.18. The SMILES string of the molecule is COc1ccc2ncc(C#N)c(Nc3ccc(Oc4cc5ncnn5cn4)c(C)c3)c2c1OC. The average molecular weight is 453 g/mol. The summed E-state index contributed by atoms with van der Waals surface area (Å²) in [5, 5.41) is 17.8. The van der Waals surface area contributed by atoms with E-state index in [4.69, 9.17) is 14.2 Å². The molecule has 0 aliphatic heterocycles. The number of methoxy groups -OCH3 is 2. The number of nitriles is 1. The van der Waals surface area contributed by atoms with Gasteiger partial charge in [-0.2, -0.15) is 10.4 Å². The van der Waals surface area contributed by atoms with Crippen molar-refractivity contribution in [2.24, 2.45) is 0 Å². The molecule has 0 bridgehead atoms. The third-order valence-electron chi connectivity index (χ3n) is 5.30. The Morgan fingerprint density at radius 3 is 2.62 bits per heavy atom. The topological polar surface area (TPSA) is 119 Å². The lowest BCUT2D eigenvalue weighted by atomic mass is 10.1.